The second kappa shape index (κ2) is 8.98. The summed E-state index contributed by atoms with van der Waals surface area (Å²) in [6.45, 7) is 4.34. The Labute approximate surface area is 123 Å². The number of methoxy groups -OCH3 is 1. The standard InChI is InChI=1S/C16H31NO3/c1-18-12-13-19-11-5-4-10-17-14-15-6-9-16(20-15)7-2-3-8-16/h15,17H,2-14H2,1H3. The van der Waals surface area contributed by atoms with Crippen molar-refractivity contribution < 1.29 is 14.2 Å². The zero-order valence-corrected chi connectivity index (χ0v) is 13.0. The van der Waals surface area contributed by atoms with Gasteiger partial charge < -0.3 is 19.5 Å². The van der Waals surface area contributed by atoms with E-state index < -0.39 is 0 Å². The first-order valence-electron chi connectivity index (χ1n) is 8.30. The fraction of sp³-hybridized carbons (Fsp3) is 1.00. The van der Waals surface area contributed by atoms with E-state index in [1.807, 2.05) is 0 Å². The van der Waals surface area contributed by atoms with E-state index in [2.05, 4.69) is 5.32 Å². The van der Waals surface area contributed by atoms with E-state index in [9.17, 15) is 0 Å². The molecule has 0 amide bonds. The zero-order chi connectivity index (χ0) is 14.1. The van der Waals surface area contributed by atoms with Crippen molar-refractivity contribution in [2.75, 3.05) is 40.0 Å². The zero-order valence-electron chi connectivity index (χ0n) is 13.0. The predicted octanol–water partition coefficient (Wildman–Crippen LogP) is 2.51. The Morgan fingerprint density at radius 2 is 1.95 bits per heavy atom. The van der Waals surface area contributed by atoms with Crippen LogP contribution in [0.3, 0.4) is 0 Å². The van der Waals surface area contributed by atoms with Crippen LogP contribution >= 0.6 is 0 Å². The topological polar surface area (TPSA) is 39.7 Å². The number of nitrogens with one attached hydrogen (secondary N) is 1. The van der Waals surface area contributed by atoms with Gasteiger partial charge in [-0.2, -0.15) is 0 Å². The van der Waals surface area contributed by atoms with Crippen LogP contribution in [0.1, 0.15) is 51.4 Å². The van der Waals surface area contributed by atoms with Gasteiger partial charge in [-0.1, -0.05) is 12.8 Å². The fourth-order valence-electron chi connectivity index (χ4n) is 3.39. The van der Waals surface area contributed by atoms with Gasteiger partial charge in [-0.3, -0.25) is 0 Å². The van der Waals surface area contributed by atoms with E-state index in [4.69, 9.17) is 14.2 Å². The molecule has 2 fully saturated rings. The van der Waals surface area contributed by atoms with Gasteiger partial charge in [0.1, 0.15) is 0 Å². The number of hydrogen-bond donors (Lipinski definition) is 1. The molecule has 1 spiro atoms. The molecule has 1 saturated heterocycles. The van der Waals surface area contributed by atoms with Gasteiger partial charge in [-0.25, -0.2) is 0 Å². The summed E-state index contributed by atoms with van der Waals surface area (Å²) in [5.41, 5.74) is 0.279. The molecular formula is C16H31NO3. The van der Waals surface area contributed by atoms with Crippen molar-refractivity contribution in [3.8, 4) is 0 Å². The summed E-state index contributed by atoms with van der Waals surface area (Å²) in [7, 11) is 1.70. The van der Waals surface area contributed by atoms with E-state index in [1.165, 1.54) is 44.9 Å². The second-order valence-corrected chi connectivity index (χ2v) is 6.19. The molecule has 1 aliphatic carbocycles. The molecule has 1 unspecified atom stereocenters. The van der Waals surface area contributed by atoms with E-state index in [1.54, 1.807) is 7.11 Å². The lowest BCUT2D eigenvalue weighted by atomic mass is 9.98. The highest BCUT2D eigenvalue weighted by Crippen LogP contribution is 2.43. The molecule has 20 heavy (non-hydrogen) atoms. The number of ether oxygens (including phenoxy) is 3. The van der Waals surface area contributed by atoms with Gasteiger partial charge in [-0.05, 0) is 45.1 Å². The number of unbranched alkanes of at least 4 members (excludes halogenated alkanes) is 1. The minimum absolute atomic E-state index is 0.279. The Morgan fingerprint density at radius 1 is 1.10 bits per heavy atom. The average Bonchev–Trinajstić information content (AvgIpc) is 3.08. The molecule has 2 rings (SSSR count). The minimum atomic E-state index is 0.279. The largest absolute Gasteiger partial charge is 0.382 e. The molecule has 0 aromatic rings. The lowest BCUT2D eigenvalue weighted by Gasteiger charge is -2.23. The third-order valence-electron chi connectivity index (χ3n) is 4.55. The van der Waals surface area contributed by atoms with Crippen molar-refractivity contribution >= 4 is 0 Å². The van der Waals surface area contributed by atoms with E-state index in [0.717, 1.165) is 26.1 Å². The van der Waals surface area contributed by atoms with Gasteiger partial charge in [0.2, 0.25) is 0 Å². The van der Waals surface area contributed by atoms with E-state index in [-0.39, 0.29) is 5.60 Å². The lowest BCUT2D eigenvalue weighted by molar-refractivity contribution is -0.0350. The molecule has 0 aromatic carbocycles. The molecule has 2 aliphatic rings. The Morgan fingerprint density at radius 3 is 2.75 bits per heavy atom. The third kappa shape index (κ3) is 5.32. The van der Waals surface area contributed by atoms with Crippen molar-refractivity contribution in [1.29, 1.82) is 0 Å². The minimum Gasteiger partial charge on any atom is -0.382 e. The summed E-state index contributed by atoms with van der Waals surface area (Å²) < 4.78 is 16.7. The van der Waals surface area contributed by atoms with Gasteiger partial charge in [0.05, 0.1) is 24.9 Å². The first-order valence-corrected chi connectivity index (χ1v) is 8.30. The van der Waals surface area contributed by atoms with Crippen LogP contribution in [0.25, 0.3) is 0 Å². The summed E-state index contributed by atoms with van der Waals surface area (Å²) >= 11 is 0. The molecule has 1 aliphatic heterocycles. The Balaban J connectivity index is 1.40. The summed E-state index contributed by atoms with van der Waals surface area (Å²) in [5, 5.41) is 3.53. The van der Waals surface area contributed by atoms with Crippen molar-refractivity contribution in [2.45, 2.75) is 63.1 Å². The van der Waals surface area contributed by atoms with Gasteiger partial charge in [-0.15, -0.1) is 0 Å². The molecule has 1 heterocycles. The predicted molar refractivity (Wildman–Crippen MR) is 80.1 cm³/mol. The van der Waals surface area contributed by atoms with Crippen LogP contribution in [0.4, 0.5) is 0 Å². The van der Waals surface area contributed by atoms with Gasteiger partial charge in [0.15, 0.2) is 0 Å². The van der Waals surface area contributed by atoms with Crippen molar-refractivity contribution in [3.05, 3.63) is 0 Å². The molecule has 4 nitrogen and oxygen atoms in total. The molecule has 118 valence electrons. The summed E-state index contributed by atoms with van der Waals surface area (Å²) in [5.74, 6) is 0. The monoisotopic (exact) mass is 285 g/mol. The second-order valence-electron chi connectivity index (χ2n) is 6.19. The molecule has 0 aromatic heterocycles. The molecule has 1 saturated carbocycles. The molecule has 0 bridgehead atoms. The van der Waals surface area contributed by atoms with Gasteiger partial charge in [0, 0.05) is 20.3 Å². The Bertz CT molecular complexity index is 254. The summed E-state index contributed by atoms with van der Waals surface area (Å²) in [6, 6.07) is 0. The highest BCUT2D eigenvalue weighted by Gasteiger charge is 2.41. The molecule has 1 N–H and O–H groups in total. The number of hydrogen-bond acceptors (Lipinski definition) is 4. The van der Waals surface area contributed by atoms with Crippen LogP contribution in [0.5, 0.6) is 0 Å². The van der Waals surface area contributed by atoms with Crippen molar-refractivity contribution in [1.82, 2.24) is 5.32 Å². The summed E-state index contributed by atoms with van der Waals surface area (Å²) in [6.07, 6.45) is 10.6. The maximum absolute atomic E-state index is 6.28. The lowest BCUT2D eigenvalue weighted by Crippen LogP contribution is -2.31. The van der Waals surface area contributed by atoms with Crippen LogP contribution in [-0.4, -0.2) is 51.7 Å². The Kier molecular flexibility index (Phi) is 7.28. The van der Waals surface area contributed by atoms with E-state index in [0.29, 0.717) is 19.3 Å². The van der Waals surface area contributed by atoms with Crippen LogP contribution in [0.15, 0.2) is 0 Å². The maximum atomic E-state index is 6.28. The highest BCUT2D eigenvalue weighted by molar-refractivity contribution is 4.93. The first kappa shape index (κ1) is 16.2. The normalized spacial score (nSPS) is 24.8. The van der Waals surface area contributed by atoms with Crippen molar-refractivity contribution in [2.24, 2.45) is 0 Å². The van der Waals surface area contributed by atoms with Gasteiger partial charge >= 0.3 is 0 Å². The quantitative estimate of drug-likeness (QED) is 0.626. The molecule has 0 radical (unpaired) electrons. The van der Waals surface area contributed by atoms with Crippen molar-refractivity contribution in [3.63, 3.8) is 0 Å². The molecule has 1 atom stereocenters. The van der Waals surface area contributed by atoms with Crippen LogP contribution in [0.2, 0.25) is 0 Å². The number of rotatable bonds is 10. The Hall–Kier alpha value is -0.160. The fourth-order valence-corrected chi connectivity index (χ4v) is 3.39. The first-order chi connectivity index (χ1) is 9.85. The van der Waals surface area contributed by atoms with Crippen LogP contribution in [-0.2, 0) is 14.2 Å². The molecule has 4 heteroatoms. The highest BCUT2D eigenvalue weighted by atomic mass is 16.5. The average molecular weight is 285 g/mol. The smallest absolute Gasteiger partial charge is 0.0708 e. The van der Waals surface area contributed by atoms with Crippen LogP contribution in [0, 0.1) is 0 Å². The SMILES string of the molecule is COCCOCCCCNCC1CCC2(CCCC2)O1. The van der Waals surface area contributed by atoms with Gasteiger partial charge in [0.25, 0.3) is 0 Å². The third-order valence-corrected chi connectivity index (χ3v) is 4.55. The van der Waals surface area contributed by atoms with E-state index >= 15 is 0 Å². The van der Waals surface area contributed by atoms with Crippen LogP contribution < -0.4 is 5.32 Å². The summed E-state index contributed by atoms with van der Waals surface area (Å²) in [4.78, 5) is 0. The molecular weight excluding hydrogens is 254 g/mol. The maximum Gasteiger partial charge on any atom is 0.0708 e.